The Hall–Kier alpha value is -0.400. The van der Waals surface area contributed by atoms with Gasteiger partial charge in [0, 0.05) is 0 Å². The van der Waals surface area contributed by atoms with Crippen molar-refractivity contribution in [3.8, 4) is 5.75 Å². The van der Waals surface area contributed by atoms with Crippen molar-refractivity contribution in [2.24, 2.45) is 5.92 Å². The Bertz CT molecular complexity index is 398. The Kier molecular flexibility index (Phi) is 5.84. The molecule has 2 rings (SSSR count). The number of rotatable bonds is 4. The van der Waals surface area contributed by atoms with Crippen molar-refractivity contribution in [3.05, 3.63) is 28.8 Å². The van der Waals surface area contributed by atoms with Gasteiger partial charge in [-0.25, -0.2) is 0 Å². The predicted octanol–water partition coefficient (Wildman–Crippen LogP) is 5.99. The van der Waals surface area contributed by atoms with Gasteiger partial charge in [-0.2, -0.15) is 0 Å². The van der Waals surface area contributed by atoms with Gasteiger partial charge >= 0.3 is 0 Å². The number of ether oxygens (including phenoxy) is 1. The third-order valence-electron chi connectivity index (χ3n) is 4.05. The highest BCUT2D eigenvalue weighted by molar-refractivity contribution is 6.32. The minimum Gasteiger partial charge on any atom is -0.495 e. The smallest absolute Gasteiger partial charge is 0.137 e. The van der Waals surface area contributed by atoms with Crippen LogP contribution in [0.5, 0.6) is 5.75 Å². The zero-order valence-corrected chi connectivity index (χ0v) is 13.0. The topological polar surface area (TPSA) is 9.23 Å². The van der Waals surface area contributed by atoms with E-state index in [0.717, 1.165) is 17.9 Å². The molecule has 1 aromatic rings. The molecule has 1 nitrogen and oxygen atoms in total. The summed E-state index contributed by atoms with van der Waals surface area (Å²) >= 11 is 12.7. The zero-order chi connectivity index (χ0) is 13.7. The quantitative estimate of drug-likeness (QED) is 0.490. The van der Waals surface area contributed by atoms with Crippen LogP contribution in [0.2, 0.25) is 5.02 Å². The van der Waals surface area contributed by atoms with Crippen LogP contribution in [0.3, 0.4) is 0 Å². The lowest BCUT2D eigenvalue weighted by Gasteiger charge is -2.18. The first-order valence-electron chi connectivity index (χ1n) is 7.18. The third kappa shape index (κ3) is 4.29. The molecule has 0 radical (unpaired) electrons. The summed E-state index contributed by atoms with van der Waals surface area (Å²) in [5.74, 6) is 1.48. The maximum absolute atomic E-state index is 6.56. The van der Waals surface area contributed by atoms with E-state index in [-0.39, 0.29) is 5.38 Å². The molecule has 19 heavy (non-hydrogen) atoms. The number of hydrogen-bond acceptors (Lipinski definition) is 1. The molecule has 0 spiro atoms. The SMILES string of the molecule is COc1ccc(C(Cl)CC2CCCCCC2)cc1Cl. The monoisotopic (exact) mass is 300 g/mol. The van der Waals surface area contributed by atoms with Crippen LogP contribution in [-0.4, -0.2) is 7.11 Å². The summed E-state index contributed by atoms with van der Waals surface area (Å²) in [7, 11) is 1.63. The van der Waals surface area contributed by atoms with Crippen molar-refractivity contribution in [1.29, 1.82) is 0 Å². The summed E-state index contributed by atoms with van der Waals surface area (Å²) in [6.45, 7) is 0. The van der Waals surface area contributed by atoms with Gasteiger partial charge in [-0.05, 0) is 30.0 Å². The number of halogens is 2. The summed E-state index contributed by atoms with van der Waals surface area (Å²) in [5, 5.41) is 0.707. The Morgan fingerprint density at radius 3 is 2.47 bits per heavy atom. The molecule has 1 aliphatic rings. The average Bonchev–Trinajstić information content (AvgIpc) is 2.67. The summed E-state index contributed by atoms with van der Waals surface area (Å²) in [4.78, 5) is 0. The fraction of sp³-hybridized carbons (Fsp3) is 0.625. The molecule has 0 heterocycles. The Morgan fingerprint density at radius 1 is 1.21 bits per heavy atom. The van der Waals surface area contributed by atoms with Crippen LogP contribution in [0.25, 0.3) is 0 Å². The molecule has 0 bridgehead atoms. The molecule has 1 aromatic carbocycles. The number of alkyl halides is 1. The van der Waals surface area contributed by atoms with Crippen molar-refractivity contribution in [2.45, 2.75) is 50.3 Å². The highest BCUT2D eigenvalue weighted by Gasteiger charge is 2.18. The van der Waals surface area contributed by atoms with E-state index in [1.54, 1.807) is 7.11 Å². The molecular formula is C16H22Cl2O. The van der Waals surface area contributed by atoms with E-state index in [0.29, 0.717) is 10.8 Å². The first-order chi connectivity index (χ1) is 9.20. The van der Waals surface area contributed by atoms with Crippen molar-refractivity contribution in [2.75, 3.05) is 7.11 Å². The number of hydrogen-bond donors (Lipinski definition) is 0. The van der Waals surface area contributed by atoms with Crippen LogP contribution < -0.4 is 4.74 Å². The second-order valence-electron chi connectivity index (χ2n) is 5.45. The van der Waals surface area contributed by atoms with Gasteiger partial charge in [0.15, 0.2) is 0 Å². The van der Waals surface area contributed by atoms with Crippen LogP contribution in [0.1, 0.15) is 55.9 Å². The van der Waals surface area contributed by atoms with Gasteiger partial charge in [0.25, 0.3) is 0 Å². The largest absolute Gasteiger partial charge is 0.495 e. The fourth-order valence-electron chi connectivity index (χ4n) is 2.91. The summed E-state index contributed by atoms with van der Waals surface area (Å²) in [6, 6.07) is 5.87. The maximum Gasteiger partial charge on any atom is 0.137 e. The first kappa shape index (κ1) is 15.0. The predicted molar refractivity (Wildman–Crippen MR) is 82.4 cm³/mol. The van der Waals surface area contributed by atoms with E-state index >= 15 is 0 Å². The van der Waals surface area contributed by atoms with Gasteiger partial charge in [0.2, 0.25) is 0 Å². The summed E-state index contributed by atoms with van der Waals surface area (Å²) < 4.78 is 5.17. The minimum absolute atomic E-state index is 0.0616. The number of benzene rings is 1. The summed E-state index contributed by atoms with van der Waals surface area (Å²) in [5.41, 5.74) is 1.11. The van der Waals surface area contributed by atoms with E-state index in [4.69, 9.17) is 27.9 Å². The van der Waals surface area contributed by atoms with Gasteiger partial charge in [0.1, 0.15) is 5.75 Å². The lowest BCUT2D eigenvalue weighted by atomic mass is 9.92. The first-order valence-corrected chi connectivity index (χ1v) is 7.99. The lowest BCUT2D eigenvalue weighted by Crippen LogP contribution is -2.03. The summed E-state index contributed by atoms with van der Waals surface area (Å²) in [6.07, 6.45) is 9.20. The van der Waals surface area contributed by atoms with E-state index in [9.17, 15) is 0 Å². The lowest BCUT2D eigenvalue weighted by molar-refractivity contribution is 0.413. The standard InChI is InChI=1S/C16H22Cl2O/c1-19-16-9-8-13(11-15(16)18)14(17)10-12-6-4-2-3-5-7-12/h8-9,11-12,14H,2-7,10H2,1H3. The number of methoxy groups -OCH3 is 1. The molecular weight excluding hydrogens is 279 g/mol. The molecule has 0 saturated heterocycles. The van der Waals surface area contributed by atoms with Crippen molar-refractivity contribution < 1.29 is 4.74 Å². The molecule has 1 atom stereocenters. The molecule has 1 saturated carbocycles. The second-order valence-corrected chi connectivity index (χ2v) is 6.39. The third-order valence-corrected chi connectivity index (χ3v) is 4.78. The van der Waals surface area contributed by atoms with E-state index in [1.165, 1.54) is 38.5 Å². The zero-order valence-electron chi connectivity index (χ0n) is 11.5. The van der Waals surface area contributed by atoms with Crippen molar-refractivity contribution >= 4 is 23.2 Å². The van der Waals surface area contributed by atoms with Crippen LogP contribution in [0.4, 0.5) is 0 Å². The Balaban J connectivity index is 1.98. The van der Waals surface area contributed by atoms with E-state index in [1.807, 2.05) is 18.2 Å². The average molecular weight is 301 g/mol. The van der Waals surface area contributed by atoms with Crippen LogP contribution in [0, 0.1) is 5.92 Å². The molecule has 0 aliphatic heterocycles. The molecule has 3 heteroatoms. The van der Waals surface area contributed by atoms with Crippen LogP contribution >= 0.6 is 23.2 Å². The highest BCUT2D eigenvalue weighted by atomic mass is 35.5. The van der Waals surface area contributed by atoms with E-state index < -0.39 is 0 Å². The second kappa shape index (κ2) is 7.40. The van der Waals surface area contributed by atoms with Crippen molar-refractivity contribution in [1.82, 2.24) is 0 Å². The van der Waals surface area contributed by atoms with Gasteiger partial charge in [-0.1, -0.05) is 56.2 Å². The van der Waals surface area contributed by atoms with Gasteiger partial charge in [0.05, 0.1) is 17.5 Å². The van der Waals surface area contributed by atoms with Gasteiger partial charge in [-0.3, -0.25) is 0 Å². The molecule has 0 amide bonds. The molecule has 0 N–H and O–H groups in total. The van der Waals surface area contributed by atoms with Crippen LogP contribution in [-0.2, 0) is 0 Å². The molecule has 1 aliphatic carbocycles. The molecule has 1 unspecified atom stereocenters. The maximum atomic E-state index is 6.56. The molecule has 1 fully saturated rings. The van der Waals surface area contributed by atoms with E-state index in [2.05, 4.69) is 0 Å². The fourth-order valence-corrected chi connectivity index (χ4v) is 3.56. The van der Waals surface area contributed by atoms with Crippen molar-refractivity contribution in [3.63, 3.8) is 0 Å². The molecule has 0 aromatic heterocycles. The van der Waals surface area contributed by atoms with Gasteiger partial charge in [-0.15, -0.1) is 11.6 Å². The Morgan fingerprint density at radius 2 is 1.89 bits per heavy atom. The van der Waals surface area contributed by atoms with Crippen LogP contribution in [0.15, 0.2) is 18.2 Å². The van der Waals surface area contributed by atoms with Gasteiger partial charge < -0.3 is 4.74 Å². The minimum atomic E-state index is 0.0616. The molecule has 106 valence electrons. The highest BCUT2D eigenvalue weighted by Crippen LogP contribution is 2.36. The Labute approximate surface area is 126 Å². The normalized spacial score (nSPS) is 18.9.